The van der Waals surface area contributed by atoms with Gasteiger partial charge in [0.05, 0.1) is 19.8 Å². The molecule has 1 saturated heterocycles. The van der Waals surface area contributed by atoms with Crippen molar-refractivity contribution in [2.75, 3.05) is 47.9 Å². The summed E-state index contributed by atoms with van der Waals surface area (Å²) < 4.78 is 11.1. The van der Waals surface area contributed by atoms with Gasteiger partial charge in [0, 0.05) is 50.6 Å². The Morgan fingerprint density at radius 2 is 1.89 bits per heavy atom. The molecule has 0 atom stereocenters. The van der Waals surface area contributed by atoms with E-state index in [1.807, 2.05) is 11.0 Å². The number of ether oxygens (including phenoxy) is 2. The van der Waals surface area contributed by atoms with Crippen LogP contribution >= 0.6 is 0 Å². The van der Waals surface area contributed by atoms with Gasteiger partial charge in [-0.15, -0.1) is 0 Å². The molecular formula is C22H33N3O3. The summed E-state index contributed by atoms with van der Waals surface area (Å²) in [5, 5.41) is 0. The number of piperidine rings is 1. The number of methoxy groups -OCH3 is 2. The van der Waals surface area contributed by atoms with Gasteiger partial charge in [-0.25, -0.2) is 0 Å². The Hall–Kier alpha value is -2.21. The molecule has 154 valence electrons. The van der Waals surface area contributed by atoms with Crippen molar-refractivity contribution in [3.05, 3.63) is 35.0 Å². The molecule has 0 bridgehead atoms. The van der Waals surface area contributed by atoms with Crippen molar-refractivity contribution in [1.82, 2.24) is 14.7 Å². The lowest BCUT2D eigenvalue weighted by Crippen LogP contribution is -2.57. The van der Waals surface area contributed by atoms with E-state index < -0.39 is 0 Å². The Labute approximate surface area is 168 Å². The summed E-state index contributed by atoms with van der Waals surface area (Å²) in [5.74, 6) is 1.67. The minimum Gasteiger partial charge on any atom is -0.497 e. The average Bonchev–Trinajstić information content (AvgIpc) is 2.88. The Bertz CT molecular complexity index is 739. The maximum absolute atomic E-state index is 12.0. The molecule has 2 heterocycles. The molecule has 0 unspecified atom stereocenters. The fraction of sp³-hybridized carbons (Fsp3) is 0.591. The van der Waals surface area contributed by atoms with Crippen LogP contribution in [0, 0.1) is 0 Å². The summed E-state index contributed by atoms with van der Waals surface area (Å²) >= 11 is 0. The smallest absolute Gasteiger partial charge is 0.210 e. The van der Waals surface area contributed by atoms with Gasteiger partial charge in [-0.05, 0) is 44.9 Å². The SMILES string of the molecule is CCN(C=O)C1(C2=CCc3c(cc(OC)cc3OC)CN2C)CCN(C)CC1. The highest BCUT2D eigenvalue weighted by Crippen LogP contribution is 2.40. The zero-order valence-corrected chi connectivity index (χ0v) is 17.8. The van der Waals surface area contributed by atoms with Gasteiger partial charge in [-0.1, -0.05) is 6.08 Å². The molecule has 0 aromatic heterocycles. The van der Waals surface area contributed by atoms with Crippen LogP contribution in [0.5, 0.6) is 11.5 Å². The molecule has 6 heteroatoms. The van der Waals surface area contributed by atoms with Crippen LogP contribution < -0.4 is 9.47 Å². The van der Waals surface area contributed by atoms with Gasteiger partial charge in [-0.3, -0.25) is 4.79 Å². The van der Waals surface area contributed by atoms with Crippen LogP contribution in [0.1, 0.15) is 30.9 Å². The number of hydrogen-bond donors (Lipinski definition) is 0. The van der Waals surface area contributed by atoms with Gasteiger partial charge < -0.3 is 24.2 Å². The lowest BCUT2D eigenvalue weighted by atomic mass is 9.81. The quantitative estimate of drug-likeness (QED) is 0.702. The third-order valence-corrected chi connectivity index (χ3v) is 6.36. The first kappa shape index (κ1) is 20.5. The number of carbonyl (C=O) groups is 1. The average molecular weight is 388 g/mol. The largest absolute Gasteiger partial charge is 0.497 e. The Balaban J connectivity index is 2.03. The number of likely N-dealkylation sites (tertiary alicyclic amines) is 1. The Morgan fingerprint density at radius 3 is 2.46 bits per heavy atom. The molecule has 0 N–H and O–H groups in total. The monoisotopic (exact) mass is 387 g/mol. The van der Waals surface area contributed by atoms with Crippen molar-refractivity contribution in [2.45, 2.75) is 38.3 Å². The molecule has 0 aliphatic carbocycles. The molecule has 1 fully saturated rings. The summed E-state index contributed by atoms with van der Waals surface area (Å²) in [6.07, 6.45) is 6.02. The maximum Gasteiger partial charge on any atom is 0.210 e. The highest BCUT2D eigenvalue weighted by molar-refractivity contribution is 5.53. The molecular weight excluding hydrogens is 354 g/mol. The third kappa shape index (κ3) is 3.58. The third-order valence-electron chi connectivity index (χ3n) is 6.36. The number of benzene rings is 1. The second kappa shape index (κ2) is 8.43. The number of carbonyl (C=O) groups excluding carboxylic acids is 1. The normalized spacial score (nSPS) is 19.3. The predicted octanol–water partition coefficient (Wildman–Crippen LogP) is 2.52. The van der Waals surface area contributed by atoms with E-state index in [9.17, 15) is 4.79 Å². The van der Waals surface area contributed by atoms with Crippen LogP contribution in [0.25, 0.3) is 0 Å². The van der Waals surface area contributed by atoms with E-state index in [1.165, 1.54) is 16.8 Å². The molecule has 6 nitrogen and oxygen atoms in total. The van der Waals surface area contributed by atoms with Gasteiger partial charge in [0.15, 0.2) is 0 Å². The summed E-state index contributed by atoms with van der Waals surface area (Å²) in [5.41, 5.74) is 3.40. The zero-order valence-electron chi connectivity index (χ0n) is 17.8. The summed E-state index contributed by atoms with van der Waals surface area (Å²) in [7, 11) is 7.67. The van der Waals surface area contributed by atoms with Gasteiger partial charge in [0.2, 0.25) is 6.41 Å². The number of rotatable bonds is 6. The van der Waals surface area contributed by atoms with E-state index in [1.54, 1.807) is 14.2 Å². The van der Waals surface area contributed by atoms with Crippen molar-refractivity contribution in [3.63, 3.8) is 0 Å². The van der Waals surface area contributed by atoms with Crippen molar-refractivity contribution in [2.24, 2.45) is 0 Å². The van der Waals surface area contributed by atoms with E-state index in [0.717, 1.165) is 56.8 Å². The van der Waals surface area contributed by atoms with Gasteiger partial charge >= 0.3 is 0 Å². The topological polar surface area (TPSA) is 45.3 Å². The van der Waals surface area contributed by atoms with Crippen molar-refractivity contribution >= 4 is 6.41 Å². The van der Waals surface area contributed by atoms with Gasteiger partial charge in [-0.2, -0.15) is 0 Å². The van der Waals surface area contributed by atoms with E-state index in [0.29, 0.717) is 6.54 Å². The molecule has 28 heavy (non-hydrogen) atoms. The number of hydrogen-bond acceptors (Lipinski definition) is 5. The number of allylic oxidation sites excluding steroid dienone is 1. The highest BCUT2D eigenvalue weighted by atomic mass is 16.5. The van der Waals surface area contributed by atoms with Gasteiger partial charge in [0.1, 0.15) is 11.5 Å². The van der Waals surface area contributed by atoms with Crippen LogP contribution in [0.4, 0.5) is 0 Å². The van der Waals surface area contributed by atoms with Crippen LogP contribution in [0.3, 0.4) is 0 Å². The first-order valence-electron chi connectivity index (χ1n) is 10.0. The molecule has 0 radical (unpaired) electrons. The van der Waals surface area contributed by atoms with Crippen molar-refractivity contribution in [1.29, 1.82) is 0 Å². The summed E-state index contributed by atoms with van der Waals surface area (Å²) in [6.45, 7) is 5.51. The molecule has 0 spiro atoms. The van der Waals surface area contributed by atoms with Crippen LogP contribution in [0.2, 0.25) is 0 Å². The molecule has 2 aliphatic rings. The number of fused-ring (bicyclic) bond motifs is 1. The molecule has 0 saturated carbocycles. The van der Waals surface area contributed by atoms with Crippen LogP contribution in [-0.2, 0) is 17.8 Å². The number of likely N-dealkylation sites (N-methyl/N-ethyl adjacent to an activating group) is 2. The van der Waals surface area contributed by atoms with Crippen LogP contribution in [-0.4, -0.2) is 74.6 Å². The summed E-state index contributed by atoms with van der Waals surface area (Å²) in [6, 6.07) is 4.05. The zero-order chi connectivity index (χ0) is 20.3. The van der Waals surface area contributed by atoms with E-state index >= 15 is 0 Å². The highest BCUT2D eigenvalue weighted by Gasteiger charge is 2.43. The van der Waals surface area contributed by atoms with Gasteiger partial charge in [0.25, 0.3) is 0 Å². The fourth-order valence-electron chi connectivity index (χ4n) is 4.75. The number of amides is 1. The molecule has 1 aromatic rings. The van der Waals surface area contributed by atoms with Crippen molar-refractivity contribution in [3.8, 4) is 11.5 Å². The molecule has 1 aromatic carbocycles. The van der Waals surface area contributed by atoms with E-state index in [2.05, 4.69) is 43.0 Å². The molecule has 3 rings (SSSR count). The van der Waals surface area contributed by atoms with Crippen molar-refractivity contribution < 1.29 is 14.3 Å². The lowest BCUT2D eigenvalue weighted by molar-refractivity contribution is -0.124. The molecule has 2 aliphatic heterocycles. The van der Waals surface area contributed by atoms with E-state index in [4.69, 9.17) is 9.47 Å². The minimum absolute atomic E-state index is 0.253. The Morgan fingerprint density at radius 1 is 1.18 bits per heavy atom. The fourth-order valence-corrected chi connectivity index (χ4v) is 4.75. The first-order valence-corrected chi connectivity index (χ1v) is 10.0. The minimum atomic E-state index is -0.253. The lowest BCUT2D eigenvalue weighted by Gasteiger charge is -2.50. The predicted molar refractivity (Wildman–Crippen MR) is 111 cm³/mol. The van der Waals surface area contributed by atoms with E-state index in [-0.39, 0.29) is 5.54 Å². The van der Waals surface area contributed by atoms with Crippen LogP contribution in [0.15, 0.2) is 23.9 Å². The Kier molecular flexibility index (Phi) is 6.18. The maximum atomic E-state index is 12.0. The standard InChI is InChI=1S/C22H33N3O3/c1-6-25(16-26)22(9-11-23(2)12-10-22)21-8-7-19-17(15-24(21)3)13-18(27-4)14-20(19)28-5/h8,13-14,16H,6-7,9-12,15H2,1-5H3. The molecule has 1 amide bonds. The second-order valence-electron chi connectivity index (χ2n) is 7.84. The number of nitrogens with zero attached hydrogens (tertiary/aromatic N) is 3. The summed E-state index contributed by atoms with van der Waals surface area (Å²) in [4.78, 5) is 18.6. The first-order chi connectivity index (χ1) is 13.5. The second-order valence-corrected chi connectivity index (χ2v) is 7.84.